The second-order valence-electron chi connectivity index (χ2n) is 5.30. The molecule has 1 rings (SSSR count). The van der Waals surface area contributed by atoms with E-state index >= 15 is 0 Å². The number of hydrogen-bond acceptors (Lipinski definition) is 5. The van der Waals surface area contributed by atoms with Crippen LogP contribution in [-0.4, -0.2) is 17.8 Å². The van der Waals surface area contributed by atoms with E-state index in [0.29, 0.717) is 5.56 Å². The lowest BCUT2D eigenvalue weighted by Crippen LogP contribution is -2.28. The third kappa shape index (κ3) is 4.06. The van der Waals surface area contributed by atoms with Crippen LogP contribution < -0.4 is 0 Å². The average molecular weight is 323 g/mol. The number of hydrogen-bond donors (Lipinski definition) is 0. The number of halogens is 1. The number of nitro groups is 1. The lowest BCUT2D eigenvalue weighted by atomic mass is 9.79. The SMILES string of the molecule is COC=C(C#N)C(=O)C(C)(C)Cc1ccc(Cl)cc1[N+](=O)[O-]. The van der Waals surface area contributed by atoms with Gasteiger partial charge in [0.25, 0.3) is 5.69 Å². The van der Waals surface area contributed by atoms with Gasteiger partial charge in [0.2, 0.25) is 0 Å². The third-order valence-corrected chi connectivity index (χ3v) is 3.33. The van der Waals surface area contributed by atoms with Crippen LogP contribution in [0.3, 0.4) is 0 Å². The molecule has 0 saturated heterocycles. The van der Waals surface area contributed by atoms with Crippen LogP contribution in [0.2, 0.25) is 5.02 Å². The molecule has 0 aliphatic rings. The average Bonchev–Trinajstić information content (AvgIpc) is 2.45. The van der Waals surface area contributed by atoms with Gasteiger partial charge in [-0.15, -0.1) is 0 Å². The fourth-order valence-corrected chi connectivity index (χ4v) is 2.19. The number of rotatable bonds is 6. The second kappa shape index (κ2) is 7.05. The number of ether oxygens (including phenoxy) is 1. The number of methoxy groups -OCH3 is 1. The molecule has 0 bridgehead atoms. The number of ketones is 1. The van der Waals surface area contributed by atoms with Gasteiger partial charge in [0.05, 0.1) is 12.0 Å². The van der Waals surface area contributed by atoms with Crippen molar-refractivity contribution in [3.05, 3.63) is 50.7 Å². The summed E-state index contributed by atoms with van der Waals surface area (Å²) in [6.45, 7) is 3.24. The number of Topliss-reactive ketones (excluding diaryl/α,β-unsaturated/α-hetero) is 1. The van der Waals surface area contributed by atoms with Crippen molar-refractivity contribution in [1.29, 1.82) is 5.26 Å². The fraction of sp³-hybridized carbons (Fsp3) is 0.333. The predicted molar refractivity (Wildman–Crippen MR) is 81.3 cm³/mol. The molecule has 0 atom stereocenters. The van der Waals surface area contributed by atoms with Crippen molar-refractivity contribution in [2.45, 2.75) is 20.3 Å². The minimum atomic E-state index is -1.00. The van der Waals surface area contributed by atoms with Gasteiger partial charge in [0.1, 0.15) is 17.9 Å². The van der Waals surface area contributed by atoms with Crippen LogP contribution in [0.4, 0.5) is 5.69 Å². The Morgan fingerprint density at radius 3 is 2.68 bits per heavy atom. The summed E-state index contributed by atoms with van der Waals surface area (Å²) in [5, 5.41) is 20.3. The Kier molecular flexibility index (Phi) is 5.66. The van der Waals surface area contributed by atoms with Gasteiger partial charge in [-0.2, -0.15) is 5.26 Å². The maximum Gasteiger partial charge on any atom is 0.274 e. The molecule has 0 saturated carbocycles. The summed E-state index contributed by atoms with van der Waals surface area (Å²) in [4.78, 5) is 22.9. The van der Waals surface area contributed by atoms with Crippen molar-refractivity contribution in [3.8, 4) is 6.07 Å². The van der Waals surface area contributed by atoms with E-state index in [1.165, 1.54) is 25.3 Å². The van der Waals surface area contributed by atoms with Gasteiger partial charge >= 0.3 is 0 Å². The number of carbonyl (C=O) groups excluding carboxylic acids is 1. The molecule has 0 aliphatic carbocycles. The molecule has 0 radical (unpaired) electrons. The zero-order valence-corrected chi connectivity index (χ0v) is 13.2. The first-order chi connectivity index (χ1) is 10.2. The van der Waals surface area contributed by atoms with Crippen molar-refractivity contribution in [2.24, 2.45) is 5.41 Å². The van der Waals surface area contributed by atoms with E-state index in [1.54, 1.807) is 19.9 Å². The largest absolute Gasteiger partial charge is 0.503 e. The smallest absolute Gasteiger partial charge is 0.274 e. The van der Waals surface area contributed by atoms with E-state index in [9.17, 15) is 14.9 Å². The maximum atomic E-state index is 12.4. The number of benzene rings is 1. The summed E-state index contributed by atoms with van der Waals surface area (Å²) < 4.78 is 4.71. The highest BCUT2D eigenvalue weighted by Crippen LogP contribution is 2.32. The summed E-state index contributed by atoms with van der Waals surface area (Å²) in [5.41, 5.74) is -0.909. The first kappa shape index (κ1) is 17.7. The zero-order valence-electron chi connectivity index (χ0n) is 12.4. The Balaban J connectivity index is 3.18. The van der Waals surface area contributed by atoms with E-state index in [0.717, 1.165) is 6.26 Å². The maximum absolute atomic E-state index is 12.4. The molecule has 0 heterocycles. The molecule has 7 heteroatoms. The van der Waals surface area contributed by atoms with Gasteiger partial charge in [0, 0.05) is 22.1 Å². The first-order valence-corrected chi connectivity index (χ1v) is 6.71. The molecule has 0 N–H and O–H groups in total. The van der Waals surface area contributed by atoms with Crippen LogP contribution in [0.1, 0.15) is 19.4 Å². The minimum Gasteiger partial charge on any atom is -0.503 e. The van der Waals surface area contributed by atoms with Gasteiger partial charge < -0.3 is 4.74 Å². The Morgan fingerprint density at radius 1 is 1.55 bits per heavy atom. The lowest BCUT2D eigenvalue weighted by Gasteiger charge is -2.22. The van der Waals surface area contributed by atoms with Gasteiger partial charge in [0.15, 0.2) is 5.78 Å². The van der Waals surface area contributed by atoms with Gasteiger partial charge in [-0.3, -0.25) is 14.9 Å². The Labute approximate surface area is 133 Å². The molecule has 0 unspecified atom stereocenters. The minimum absolute atomic E-state index is 0.0993. The normalized spacial score (nSPS) is 11.7. The monoisotopic (exact) mass is 322 g/mol. The topological polar surface area (TPSA) is 93.2 Å². The van der Waals surface area contributed by atoms with Gasteiger partial charge in [-0.25, -0.2) is 0 Å². The molecule has 1 aromatic rings. The van der Waals surface area contributed by atoms with E-state index in [2.05, 4.69) is 0 Å². The number of nitrogens with zero attached hydrogens (tertiary/aromatic N) is 2. The molecule has 0 fully saturated rings. The summed E-state index contributed by atoms with van der Waals surface area (Å²) in [7, 11) is 1.33. The number of nitriles is 1. The van der Waals surface area contributed by atoms with Crippen LogP contribution in [0.5, 0.6) is 0 Å². The molecule has 116 valence electrons. The molecule has 0 aromatic heterocycles. The zero-order chi connectivity index (χ0) is 16.9. The molecule has 22 heavy (non-hydrogen) atoms. The van der Waals surface area contributed by atoms with Crippen LogP contribution in [0.15, 0.2) is 30.0 Å². The molecule has 6 nitrogen and oxygen atoms in total. The van der Waals surface area contributed by atoms with Crippen molar-refractivity contribution < 1.29 is 14.5 Å². The van der Waals surface area contributed by atoms with Crippen molar-refractivity contribution in [1.82, 2.24) is 0 Å². The predicted octanol–water partition coefficient (Wildman–Crippen LogP) is 3.44. The Morgan fingerprint density at radius 2 is 2.18 bits per heavy atom. The van der Waals surface area contributed by atoms with E-state index in [1.807, 2.05) is 0 Å². The molecular weight excluding hydrogens is 308 g/mol. The number of nitro benzene ring substituents is 1. The highest BCUT2D eigenvalue weighted by molar-refractivity contribution is 6.30. The second-order valence-corrected chi connectivity index (χ2v) is 5.74. The van der Waals surface area contributed by atoms with Crippen LogP contribution in [0, 0.1) is 26.9 Å². The molecule has 0 amide bonds. The van der Waals surface area contributed by atoms with Crippen molar-refractivity contribution in [2.75, 3.05) is 7.11 Å². The summed E-state index contributed by atoms with van der Waals surface area (Å²) >= 11 is 5.77. The third-order valence-electron chi connectivity index (χ3n) is 3.09. The molecule has 0 spiro atoms. The highest BCUT2D eigenvalue weighted by Gasteiger charge is 2.33. The van der Waals surface area contributed by atoms with Crippen molar-refractivity contribution in [3.63, 3.8) is 0 Å². The quantitative estimate of drug-likeness (QED) is 0.263. The van der Waals surface area contributed by atoms with E-state index in [4.69, 9.17) is 21.6 Å². The molecular formula is C15H15ClN2O4. The van der Waals surface area contributed by atoms with Crippen LogP contribution in [0.25, 0.3) is 0 Å². The Hall–Kier alpha value is -2.39. The van der Waals surface area contributed by atoms with Crippen LogP contribution in [-0.2, 0) is 16.0 Å². The molecule has 1 aromatic carbocycles. The molecule has 0 aliphatic heterocycles. The lowest BCUT2D eigenvalue weighted by molar-refractivity contribution is -0.385. The number of allylic oxidation sites excluding steroid dienone is 1. The standard InChI is InChI=1S/C15H15ClN2O4/c1-15(2,14(19)11(8-17)9-22-3)7-10-4-5-12(16)6-13(10)18(20)21/h4-6,9H,7H2,1-3H3. The van der Waals surface area contributed by atoms with Gasteiger partial charge in [-0.05, 0) is 12.5 Å². The number of carbonyl (C=O) groups is 1. The van der Waals surface area contributed by atoms with Crippen LogP contribution >= 0.6 is 11.6 Å². The highest BCUT2D eigenvalue weighted by atomic mass is 35.5. The van der Waals surface area contributed by atoms with E-state index in [-0.39, 0.29) is 22.7 Å². The fourth-order valence-electron chi connectivity index (χ4n) is 2.03. The summed E-state index contributed by atoms with van der Waals surface area (Å²) in [6, 6.07) is 6.06. The first-order valence-electron chi connectivity index (χ1n) is 6.33. The van der Waals surface area contributed by atoms with E-state index < -0.39 is 16.1 Å². The van der Waals surface area contributed by atoms with Crippen molar-refractivity contribution >= 4 is 23.1 Å². The van der Waals surface area contributed by atoms with Gasteiger partial charge in [-0.1, -0.05) is 31.5 Å². The Bertz CT molecular complexity index is 675. The summed E-state index contributed by atoms with van der Waals surface area (Å²) in [6.07, 6.45) is 1.17. The summed E-state index contributed by atoms with van der Waals surface area (Å²) in [5.74, 6) is -0.443.